The van der Waals surface area contributed by atoms with Gasteiger partial charge in [0, 0.05) is 20.5 Å². The number of nitrogens with two attached hydrogens (primary N) is 1. The highest BCUT2D eigenvalue weighted by Crippen LogP contribution is 2.25. The van der Waals surface area contributed by atoms with E-state index in [0.717, 1.165) is 6.07 Å². The Hall–Kier alpha value is -1.65. The molecular formula is C10H13F2N3. The van der Waals surface area contributed by atoms with E-state index < -0.39 is 11.6 Å². The molecule has 82 valence electrons. The quantitative estimate of drug-likeness (QED) is 0.590. The van der Waals surface area contributed by atoms with Crippen molar-refractivity contribution in [2.45, 2.75) is 6.42 Å². The largest absolute Gasteiger partial charge is 0.387 e. The van der Waals surface area contributed by atoms with Crippen LogP contribution in [0.15, 0.2) is 12.1 Å². The summed E-state index contributed by atoms with van der Waals surface area (Å²) in [5.41, 5.74) is 5.88. The van der Waals surface area contributed by atoms with Crippen molar-refractivity contribution >= 4 is 11.5 Å². The molecule has 3 nitrogen and oxygen atoms in total. The third-order valence-corrected chi connectivity index (χ3v) is 1.98. The van der Waals surface area contributed by atoms with Crippen molar-refractivity contribution in [2.24, 2.45) is 5.73 Å². The minimum Gasteiger partial charge on any atom is -0.387 e. The second kappa shape index (κ2) is 4.25. The maximum atomic E-state index is 13.4. The van der Waals surface area contributed by atoms with E-state index >= 15 is 0 Å². The lowest BCUT2D eigenvalue weighted by Crippen LogP contribution is -2.19. The van der Waals surface area contributed by atoms with E-state index in [9.17, 15) is 8.78 Å². The Bertz CT molecular complexity index is 388. The summed E-state index contributed by atoms with van der Waals surface area (Å²) < 4.78 is 26.4. The average molecular weight is 213 g/mol. The first kappa shape index (κ1) is 11.4. The number of hydrogen-bond acceptors (Lipinski definition) is 2. The van der Waals surface area contributed by atoms with Crippen molar-refractivity contribution in [1.29, 1.82) is 5.41 Å². The fraction of sp³-hybridized carbons (Fsp3) is 0.300. The van der Waals surface area contributed by atoms with E-state index in [1.54, 1.807) is 14.1 Å². The van der Waals surface area contributed by atoms with E-state index in [1.165, 1.54) is 11.0 Å². The normalized spacial score (nSPS) is 10.1. The van der Waals surface area contributed by atoms with Crippen molar-refractivity contribution in [3.63, 3.8) is 0 Å². The Kier molecular flexibility index (Phi) is 3.24. The number of halogens is 2. The number of anilines is 1. The van der Waals surface area contributed by atoms with Crippen LogP contribution in [0.25, 0.3) is 0 Å². The summed E-state index contributed by atoms with van der Waals surface area (Å²) in [4.78, 5) is 1.47. The van der Waals surface area contributed by atoms with Gasteiger partial charge in [-0.05, 0) is 11.6 Å². The van der Waals surface area contributed by atoms with Crippen LogP contribution in [0.3, 0.4) is 0 Å². The number of nitrogens with one attached hydrogen (secondary N) is 1. The molecule has 5 heteroatoms. The van der Waals surface area contributed by atoms with E-state index in [4.69, 9.17) is 11.1 Å². The minimum atomic E-state index is -0.904. The molecule has 0 amide bonds. The lowest BCUT2D eigenvalue weighted by molar-refractivity contribution is 0.508. The molecule has 3 N–H and O–H groups in total. The van der Waals surface area contributed by atoms with E-state index in [-0.39, 0.29) is 17.9 Å². The van der Waals surface area contributed by atoms with Crippen molar-refractivity contribution in [1.82, 2.24) is 0 Å². The molecule has 1 aromatic carbocycles. The zero-order valence-corrected chi connectivity index (χ0v) is 8.64. The van der Waals surface area contributed by atoms with Gasteiger partial charge in [0.15, 0.2) is 11.6 Å². The number of rotatable bonds is 3. The second-order valence-corrected chi connectivity index (χ2v) is 3.47. The molecule has 0 spiro atoms. The first-order chi connectivity index (χ1) is 6.93. The fourth-order valence-corrected chi connectivity index (χ4v) is 1.41. The van der Waals surface area contributed by atoms with Crippen LogP contribution >= 0.6 is 0 Å². The van der Waals surface area contributed by atoms with Crippen LogP contribution in [0.5, 0.6) is 0 Å². The Labute approximate surface area is 87.0 Å². The Morgan fingerprint density at radius 1 is 1.40 bits per heavy atom. The fourth-order valence-electron chi connectivity index (χ4n) is 1.41. The van der Waals surface area contributed by atoms with Crippen molar-refractivity contribution < 1.29 is 8.78 Å². The molecule has 15 heavy (non-hydrogen) atoms. The molecule has 0 saturated carbocycles. The lowest BCUT2D eigenvalue weighted by atomic mass is 10.1. The molecule has 0 bridgehead atoms. The first-order valence-electron chi connectivity index (χ1n) is 4.40. The predicted molar refractivity (Wildman–Crippen MR) is 56.3 cm³/mol. The molecule has 0 unspecified atom stereocenters. The van der Waals surface area contributed by atoms with Gasteiger partial charge in [0.1, 0.15) is 0 Å². The van der Waals surface area contributed by atoms with Gasteiger partial charge in [0.2, 0.25) is 0 Å². The highest BCUT2D eigenvalue weighted by atomic mass is 19.2. The Balaban J connectivity index is 3.26. The van der Waals surface area contributed by atoms with Gasteiger partial charge >= 0.3 is 0 Å². The van der Waals surface area contributed by atoms with Crippen LogP contribution < -0.4 is 10.6 Å². The van der Waals surface area contributed by atoms with E-state index in [0.29, 0.717) is 5.56 Å². The van der Waals surface area contributed by atoms with Gasteiger partial charge in [-0.2, -0.15) is 0 Å². The molecule has 0 aromatic heterocycles. The summed E-state index contributed by atoms with van der Waals surface area (Å²) in [6, 6.07) is 2.48. The smallest absolute Gasteiger partial charge is 0.182 e. The Morgan fingerprint density at radius 2 is 2.00 bits per heavy atom. The van der Waals surface area contributed by atoms with E-state index in [1.807, 2.05) is 0 Å². The van der Waals surface area contributed by atoms with Gasteiger partial charge in [0.25, 0.3) is 0 Å². The van der Waals surface area contributed by atoms with Crippen molar-refractivity contribution in [3.05, 3.63) is 29.3 Å². The zero-order valence-electron chi connectivity index (χ0n) is 8.64. The molecule has 0 heterocycles. The number of hydrogen-bond donors (Lipinski definition) is 2. The van der Waals surface area contributed by atoms with Crippen LogP contribution in [0.2, 0.25) is 0 Å². The van der Waals surface area contributed by atoms with Crippen molar-refractivity contribution in [3.8, 4) is 0 Å². The second-order valence-electron chi connectivity index (χ2n) is 3.47. The highest BCUT2D eigenvalue weighted by molar-refractivity contribution is 5.81. The summed E-state index contributed by atoms with van der Waals surface area (Å²) in [5, 5.41) is 7.14. The molecule has 0 aliphatic rings. The summed E-state index contributed by atoms with van der Waals surface area (Å²) >= 11 is 0. The number of nitrogens with zero attached hydrogens (tertiary/aromatic N) is 1. The summed E-state index contributed by atoms with van der Waals surface area (Å²) in [7, 11) is 3.23. The molecule has 0 aliphatic heterocycles. The predicted octanol–water partition coefficient (Wildman–Crippen LogP) is 1.51. The maximum absolute atomic E-state index is 13.4. The molecule has 0 atom stereocenters. The monoisotopic (exact) mass is 213 g/mol. The van der Waals surface area contributed by atoms with Crippen LogP contribution in [0.4, 0.5) is 14.5 Å². The van der Waals surface area contributed by atoms with Crippen LogP contribution in [0, 0.1) is 17.0 Å². The average Bonchev–Trinajstić information content (AvgIpc) is 2.10. The van der Waals surface area contributed by atoms with Crippen LogP contribution in [-0.2, 0) is 6.42 Å². The molecule has 0 fully saturated rings. The van der Waals surface area contributed by atoms with E-state index in [2.05, 4.69) is 0 Å². The minimum absolute atomic E-state index is 0.0795. The molecular weight excluding hydrogens is 200 g/mol. The number of amidine groups is 1. The molecule has 1 aromatic rings. The van der Waals surface area contributed by atoms with Gasteiger partial charge in [-0.3, -0.25) is 5.41 Å². The van der Waals surface area contributed by atoms with Crippen LogP contribution in [-0.4, -0.2) is 19.9 Å². The molecule has 1 rings (SSSR count). The lowest BCUT2D eigenvalue weighted by Gasteiger charge is -2.18. The Morgan fingerprint density at radius 3 is 2.47 bits per heavy atom. The standard InChI is InChI=1S/C10H13F2N3/c1-15(2)10-6(5-8(13)14)3-4-7(11)9(10)12/h3-4H,5H2,1-2H3,(H3,13,14). The SMILES string of the molecule is CN(C)c1c(CC(=N)N)ccc(F)c1F. The molecule has 0 radical (unpaired) electrons. The topological polar surface area (TPSA) is 53.1 Å². The highest BCUT2D eigenvalue weighted by Gasteiger charge is 2.15. The van der Waals surface area contributed by atoms with Gasteiger partial charge in [-0.15, -0.1) is 0 Å². The summed E-state index contributed by atoms with van der Waals surface area (Å²) in [6.07, 6.45) is 0.116. The third kappa shape index (κ3) is 2.43. The van der Waals surface area contributed by atoms with Gasteiger partial charge in [0.05, 0.1) is 11.5 Å². The maximum Gasteiger partial charge on any atom is 0.182 e. The van der Waals surface area contributed by atoms with Crippen molar-refractivity contribution in [2.75, 3.05) is 19.0 Å². The molecule has 0 aliphatic carbocycles. The summed E-state index contributed by atoms with van der Waals surface area (Å²) in [6.45, 7) is 0. The van der Waals surface area contributed by atoms with Crippen LogP contribution in [0.1, 0.15) is 5.56 Å². The first-order valence-corrected chi connectivity index (χ1v) is 4.40. The zero-order chi connectivity index (χ0) is 11.6. The summed E-state index contributed by atoms with van der Waals surface area (Å²) in [5.74, 6) is -1.88. The molecule has 0 saturated heterocycles. The number of benzene rings is 1. The van der Waals surface area contributed by atoms with Gasteiger partial charge in [-0.25, -0.2) is 8.78 Å². The van der Waals surface area contributed by atoms with Gasteiger partial charge < -0.3 is 10.6 Å². The third-order valence-electron chi connectivity index (χ3n) is 1.98. The van der Waals surface area contributed by atoms with Gasteiger partial charge in [-0.1, -0.05) is 6.07 Å².